The first-order valence-corrected chi connectivity index (χ1v) is 6.63. The van der Waals surface area contributed by atoms with Gasteiger partial charge < -0.3 is 10.6 Å². The van der Waals surface area contributed by atoms with E-state index in [1.54, 1.807) is 0 Å². The van der Waals surface area contributed by atoms with E-state index in [2.05, 4.69) is 52.5 Å². The molecule has 0 saturated heterocycles. The van der Waals surface area contributed by atoms with Gasteiger partial charge in [0.1, 0.15) is 0 Å². The van der Waals surface area contributed by atoms with Crippen molar-refractivity contribution in [2.75, 3.05) is 13.1 Å². The van der Waals surface area contributed by atoms with Crippen molar-refractivity contribution < 1.29 is 4.79 Å². The van der Waals surface area contributed by atoms with Crippen molar-refractivity contribution in [2.24, 2.45) is 5.92 Å². The quantitative estimate of drug-likeness (QED) is 0.862. The molecule has 0 atom stereocenters. The summed E-state index contributed by atoms with van der Waals surface area (Å²) in [6.07, 6.45) is 0.842. The molecule has 1 aromatic rings. The number of hydrogen-bond donors (Lipinski definition) is 2. The van der Waals surface area contributed by atoms with Crippen LogP contribution in [0.5, 0.6) is 0 Å². The van der Waals surface area contributed by atoms with Crippen LogP contribution in [0.4, 0.5) is 4.79 Å². The number of halogens is 1. The number of rotatable bonds is 5. The van der Waals surface area contributed by atoms with Crippen LogP contribution >= 0.6 is 15.9 Å². The molecule has 0 aromatic heterocycles. The van der Waals surface area contributed by atoms with Crippen LogP contribution in [0.15, 0.2) is 28.7 Å². The first kappa shape index (κ1) is 14.0. The van der Waals surface area contributed by atoms with Gasteiger partial charge in [-0.3, -0.25) is 0 Å². The Bertz CT molecular complexity index is 366. The van der Waals surface area contributed by atoms with E-state index in [1.165, 1.54) is 5.56 Å². The Morgan fingerprint density at radius 1 is 1.35 bits per heavy atom. The van der Waals surface area contributed by atoms with Crippen molar-refractivity contribution in [3.05, 3.63) is 34.3 Å². The third-order valence-corrected chi connectivity index (χ3v) is 2.75. The van der Waals surface area contributed by atoms with Gasteiger partial charge in [0.15, 0.2) is 0 Å². The zero-order valence-electron chi connectivity index (χ0n) is 10.3. The van der Waals surface area contributed by atoms with Crippen LogP contribution in [-0.4, -0.2) is 19.1 Å². The van der Waals surface area contributed by atoms with Crippen molar-refractivity contribution in [3.63, 3.8) is 0 Å². The normalized spacial score (nSPS) is 10.4. The van der Waals surface area contributed by atoms with E-state index in [0.717, 1.165) is 10.9 Å². The van der Waals surface area contributed by atoms with Gasteiger partial charge in [-0.15, -0.1) is 0 Å². The summed E-state index contributed by atoms with van der Waals surface area (Å²) in [5.41, 5.74) is 1.21. The van der Waals surface area contributed by atoms with Gasteiger partial charge in [-0.1, -0.05) is 41.9 Å². The Kier molecular flexibility index (Phi) is 6.05. The molecule has 3 nitrogen and oxygen atoms in total. The highest BCUT2D eigenvalue weighted by Gasteiger charge is 2.01. The summed E-state index contributed by atoms with van der Waals surface area (Å²) in [6, 6.07) is 8.02. The molecule has 0 aliphatic rings. The number of benzene rings is 1. The second-order valence-electron chi connectivity index (χ2n) is 4.41. The Hall–Kier alpha value is -1.03. The summed E-state index contributed by atoms with van der Waals surface area (Å²) in [6.45, 7) is 5.51. The van der Waals surface area contributed by atoms with Gasteiger partial charge >= 0.3 is 6.03 Å². The predicted molar refractivity (Wildman–Crippen MR) is 74.1 cm³/mol. The maximum atomic E-state index is 11.4. The van der Waals surface area contributed by atoms with E-state index < -0.39 is 0 Å². The topological polar surface area (TPSA) is 41.1 Å². The van der Waals surface area contributed by atoms with E-state index in [4.69, 9.17) is 0 Å². The first-order valence-electron chi connectivity index (χ1n) is 5.84. The summed E-state index contributed by atoms with van der Waals surface area (Å²) in [5.74, 6) is 0.478. The Morgan fingerprint density at radius 3 is 2.76 bits per heavy atom. The molecule has 1 rings (SSSR count). The summed E-state index contributed by atoms with van der Waals surface area (Å²) < 4.78 is 1.07. The summed E-state index contributed by atoms with van der Waals surface area (Å²) in [7, 11) is 0. The fraction of sp³-hybridized carbons (Fsp3) is 0.462. The summed E-state index contributed by atoms with van der Waals surface area (Å²) in [5, 5.41) is 5.66. The number of urea groups is 1. The minimum atomic E-state index is -0.0892. The monoisotopic (exact) mass is 298 g/mol. The average molecular weight is 299 g/mol. The first-order chi connectivity index (χ1) is 8.08. The molecule has 0 bridgehead atoms. The van der Waals surface area contributed by atoms with Gasteiger partial charge in [-0.2, -0.15) is 0 Å². The number of nitrogens with one attached hydrogen (secondary N) is 2. The van der Waals surface area contributed by atoms with Gasteiger partial charge in [0, 0.05) is 17.6 Å². The molecule has 2 N–H and O–H groups in total. The van der Waals surface area contributed by atoms with Crippen LogP contribution in [0.1, 0.15) is 19.4 Å². The van der Waals surface area contributed by atoms with Gasteiger partial charge in [-0.05, 0) is 30.0 Å². The second kappa shape index (κ2) is 7.33. The molecule has 0 radical (unpaired) electrons. The number of carbonyl (C=O) groups is 1. The molecule has 0 aliphatic carbocycles. The molecule has 2 amide bonds. The van der Waals surface area contributed by atoms with Crippen molar-refractivity contribution in [2.45, 2.75) is 20.3 Å². The standard InChI is InChI=1S/C13H19BrN2O/c1-10(2)9-16-13(17)15-7-6-11-4-3-5-12(14)8-11/h3-5,8,10H,6-7,9H2,1-2H3,(H2,15,16,17). The SMILES string of the molecule is CC(C)CNC(=O)NCCc1cccc(Br)c1. The number of amides is 2. The Labute approximate surface area is 111 Å². The van der Waals surface area contributed by atoms with Crippen LogP contribution < -0.4 is 10.6 Å². The van der Waals surface area contributed by atoms with E-state index in [9.17, 15) is 4.79 Å². The summed E-state index contributed by atoms with van der Waals surface area (Å²) >= 11 is 3.42. The fourth-order valence-corrected chi connectivity index (χ4v) is 1.82. The highest BCUT2D eigenvalue weighted by atomic mass is 79.9. The predicted octanol–water partition coefficient (Wildman–Crippen LogP) is 2.95. The van der Waals surface area contributed by atoms with Crippen LogP contribution in [0.3, 0.4) is 0 Å². The lowest BCUT2D eigenvalue weighted by atomic mass is 10.1. The highest BCUT2D eigenvalue weighted by Crippen LogP contribution is 2.11. The van der Waals surface area contributed by atoms with Crippen LogP contribution in [0.2, 0.25) is 0 Å². The van der Waals surface area contributed by atoms with Gasteiger partial charge in [-0.25, -0.2) is 4.79 Å². The number of hydrogen-bond acceptors (Lipinski definition) is 1. The fourth-order valence-electron chi connectivity index (χ4n) is 1.37. The third kappa shape index (κ3) is 6.31. The van der Waals surface area contributed by atoms with Crippen molar-refractivity contribution in [3.8, 4) is 0 Å². The molecule has 0 spiro atoms. The minimum absolute atomic E-state index is 0.0892. The molecule has 0 saturated carbocycles. The van der Waals surface area contributed by atoms with Crippen molar-refractivity contribution >= 4 is 22.0 Å². The second-order valence-corrected chi connectivity index (χ2v) is 5.33. The van der Waals surface area contributed by atoms with Gasteiger partial charge in [0.25, 0.3) is 0 Å². The maximum absolute atomic E-state index is 11.4. The maximum Gasteiger partial charge on any atom is 0.314 e. The molecule has 0 heterocycles. The molecule has 0 unspecified atom stereocenters. The van der Waals surface area contributed by atoms with Crippen LogP contribution in [-0.2, 0) is 6.42 Å². The smallest absolute Gasteiger partial charge is 0.314 e. The van der Waals surface area contributed by atoms with E-state index in [1.807, 2.05) is 12.1 Å². The lowest BCUT2D eigenvalue weighted by Crippen LogP contribution is -2.38. The third-order valence-electron chi connectivity index (χ3n) is 2.26. The van der Waals surface area contributed by atoms with Crippen molar-refractivity contribution in [1.82, 2.24) is 10.6 Å². The average Bonchev–Trinajstić information content (AvgIpc) is 2.26. The zero-order chi connectivity index (χ0) is 12.7. The Morgan fingerprint density at radius 2 is 2.12 bits per heavy atom. The zero-order valence-corrected chi connectivity index (χ0v) is 11.9. The van der Waals surface area contributed by atoms with Crippen molar-refractivity contribution in [1.29, 1.82) is 0 Å². The Balaban J connectivity index is 2.21. The minimum Gasteiger partial charge on any atom is -0.338 e. The highest BCUT2D eigenvalue weighted by molar-refractivity contribution is 9.10. The van der Waals surface area contributed by atoms with E-state index in [0.29, 0.717) is 19.0 Å². The lowest BCUT2D eigenvalue weighted by Gasteiger charge is -2.09. The van der Waals surface area contributed by atoms with Gasteiger partial charge in [0.05, 0.1) is 0 Å². The molecule has 1 aromatic carbocycles. The van der Waals surface area contributed by atoms with E-state index in [-0.39, 0.29) is 6.03 Å². The molecule has 0 aliphatic heterocycles. The van der Waals surface area contributed by atoms with Crippen LogP contribution in [0, 0.1) is 5.92 Å². The van der Waals surface area contributed by atoms with Gasteiger partial charge in [0.2, 0.25) is 0 Å². The molecular formula is C13H19BrN2O. The van der Waals surface area contributed by atoms with Crippen LogP contribution in [0.25, 0.3) is 0 Å². The molecular weight excluding hydrogens is 280 g/mol. The largest absolute Gasteiger partial charge is 0.338 e. The molecule has 4 heteroatoms. The molecule has 0 fully saturated rings. The molecule has 94 valence electrons. The lowest BCUT2D eigenvalue weighted by molar-refractivity contribution is 0.239. The van der Waals surface area contributed by atoms with E-state index >= 15 is 0 Å². The number of carbonyl (C=O) groups excluding carboxylic acids is 1. The molecule has 17 heavy (non-hydrogen) atoms. The summed E-state index contributed by atoms with van der Waals surface area (Å²) in [4.78, 5) is 11.4.